The summed E-state index contributed by atoms with van der Waals surface area (Å²) in [4.78, 5) is 0. The van der Waals surface area contributed by atoms with Crippen molar-refractivity contribution < 1.29 is 0 Å². The van der Waals surface area contributed by atoms with Gasteiger partial charge in [0.25, 0.3) is 0 Å². The van der Waals surface area contributed by atoms with Gasteiger partial charge >= 0.3 is 0 Å². The first-order valence-electron chi connectivity index (χ1n) is 7.22. The molecule has 1 atom stereocenters. The molecule has 0 saturated carbocycles. The van der Waals surface area contributed by atoms with Crippen LogP contribution >= 0.6 is 23.2 Å². The van der Waals surface area contributed by atoms with Crippen molar-refractivity contribution in [3.8, 4) is 0 Å². The second-order valence-corrected chi connectivity index (χ2v) is 6.28. The van der Waals surface area contributed by atoms with Crippen LogP contribution in [-0.2, 0) is 6.42 Å². The average Bonchev–Trinajstić information content (AvgIpc) is 2.35. The highest BCUT2D eigenvalue weighted by Gasteiger charge is 2.12. The molecule has 19 heavy (non-hydrogen) atoms. The van der Waals surface area contributed by atoms with Crippen molar-refractivity contribution in [2.24, 2.45) is 5.92 Å². The summed E-state index contributed by atoms with van der Waals surface area (Å²) in [6.45, 7) is 7.87. The first-order valence-corrected chi connectivity index (χ1v) is 7.97. The van der Waals surface area contributed by atoms with Crippen molar-refractivity contribution in [2.75, 3.05) is 6.54 Å². The molecule has 1 rings (SSSR count). The van der Waals surface area contributed by atoms with Crippen LogP contribution in [0.5, 0.6) is 0 Å². The van der Waals surface area contributed by atoms with Gasteiger partial charge < -0.3 is 5.32 Å². The zero-order valence-corrected chi connectivity index (χ0v) is 13.7. The van der Waals surface area contributed by atoms with E-state index in [1.165, 1.54) is 18.4 Å². The molecule has 0 aliphatic rings. The van der Waals surface area contributed by atoms with Crippen LogP contribution in [0.25, 0.3) is 0 Å². The summed E-state index contributed by atoms with van der Waals surface area (Å²) in [5, 5.41) is 5.12. The van der Waals surface area contributed by atoms with E-state index >= 15 is 0 Å². The molecule has 108 valence electrons. The summed E-state index contributed by atoms with van der Waals surface area (Å²) < 4.78 is 0. The van der Waals surface area contributed by atoms with Gasteiger partial charge in [0, 0.05) is 16.1 Å². The van der Waals surface area contributed by atoms with E-state index in [2.05, 4.69) is 26.1 Å². The van der Waals surface area contributed by atoms with Crippen LogP contribution in [0, 0.1) is 5.92 Å². The molecular weight excluding hydrogens is 277 g/mol. The molecule has 0 spiro atoms. The number of halogens is 2. The molecule has 1 aromatic carbocycles. The van der Waals surface area contributed by atoms with Crippen molar-refractivity contribution in [2.45, 2.75) is 52.5 Å². The molecule has 0 radical (unpaired) electrons. The zero-order valence-electron chi connectivity index (χ0n) is 12.2. The highest BCUT2D eigenvalue weighted by atomic mass is 35.5. The molecule has 1 nitrogen and oxygen atoms in total. The number of nitrogens with one attached hydrogen (secondary N) is 1. The van der Waals surface area contributed by atoms with Gasteiger partial charge in [0.15, 0.2) is 0 Å². The van der Waals surface area contributed by atoms with Crippen LogP contribution in [-0.4, -0.2) is 12.6 Å². The molecule has 0 heterocycles. The third-order valence-corrected chi connectivity index (χ3v) is 4.02. The van der Waals surface area contributed by atoms with Gasteiger partial charge in [-0.15, -0.1) is 0 Å². The van der Waals surface area contributed by atoms with E-state index < -0.39 is 0 Å². The van der Waals surface area contributed by atoms with Crippen molar-refractivity contribution in [3.05, 3.63) is 33.8 Å². The fourth-order valence-corrected chi connectivity index (χ4v) is 2.74. The number of hydrogen-bond donors (Lipinski definition) is 1. The molecule has 0 bridgehead atoms. The lowest BCUT2D eigenvalue weighted by Gasteiger charge is -2.22. The van der Waals surface area contributed by atoms with E-state index in [0.29, 0.717) is 17.0 Å². The van der Waals surface area contributed by atoms with E-state index in [1.807, 2.05) is 18.2 Å². The minimum atomic E-state index is 0.603. The Bertz CT molecular complexity index is 377. The van der Waals surface area contributed by atoms with E-state index in [1.54, 1.807) is 0 Å². The standard InChI is InChI=1S/C16H25Cl2N/c1-4-10-19-16(12(2)3)7-5-6-13-8-9-14(17)11-15(13)18/h8-9,11-12,16,19H,4-7,10H2,1-3H3. The summed E-state index contributed by atoms with van der Waals surface area (Å²) in [6.07, 6.45) is 4.55. The van der Waals surface area contributed by atoms with Crippen molar-refractivity contribution in [3.63, 3.8) is 0 Å². The lowest BCUT2D eigenvalue weighted by Crippen LogP contribution is -2.34. The van der Waals surface area contributed by atoms with Gasteiger partial charge in [-0.1, -0.05) is 50.0 Å². The maximum atomic E-state index is 6.19. The molecule has 0 saturated heterocycles. The Morgan fingerprint density at radius 2 is 1.95 bits per heavy atom. The predicted molar refractivity (Wildman–Crippen MR) is 86.3 cm³/mol. The first kappa shape index (κ1) is 16.8. The summed E-state index contributed by atoms with van der Waals surface area (Å²) in [5.41, 5.74) is 1.20. The Labute approximate surface area is 127 Å². The highest BCUT2D eigenvalue weighted by Crippen LogP contribution is 2.23. The fraction of sp³-hybridized carbons (Fsp3) is 0.625. The van der Waals surface area contributed by atoms with E-state index in [9.17, 15) is 0 Å². The SMILES string of the molecule is CCCNC(CCCc1ccc(Cl)cc1Cl)C(C)C. The van der Waals surface area contributed by atoms with Gasteiger partial charge in [-0.25, -0.2) is 0 Å². The summed E-state index contributed by atoms with van der Waals surface area (Å²) in [6, 6.07) is 6.38. The van der Waals surface area contributed by atoms with Gasteiger partial charge in [0.05, 0.1) is 0 Å². The molecule has 0 fully saturated rings. The molecule has 0 aromatic heterocycles. The van der Waals surface area contributed by atoms with E-state index in [4.69, 9.17) is 23.2 Å². The molecule has 1 aromatic rings. The number of rotatable bonds is 8. The van der Waals surface area contributed by atoms with Crippen LogP contribution in [0.3, 0.4) is 0 Å². The van der Waals surface area contributed by atoms with E-state index in [0.717, 1.165) is 24.4 Å². The third-order valence-electron chi connectivity index (χ3n) is 3.44. The van der Waals surface area contributed by atoms with Gasteiger partial charge in [-0.3, -0.25) is 0 Å². The molecule has 3 heteroatoms. The fourth-order valence-electron chi connectivity index (χ4n) is 2.24. The second kappa shape index (κ2) is 8.84. The molecule has 0 aliphatic carbocycles. The third kappa shape index (κ3) is 6.16. The first-order chi connectivity index (χ1) is 9.04. The average molecular weight is 302 g/mol. The molecular formula is C16H25Cl2N. The monoisotopic (exact) mass is 301 g/mol. The van der Waals surface area contributed by atoms with Gasteiger partial charge in [-0.2, -0.15) is 0 Å². The quantitative estimate of drug-likeness (QED) is 0.683. The normalized spacial score (nSPS) is 12.9. The van der Waals surface area contributed by atoms with Crippen LogP contribution in [0.15, 0.2) is 18.2 Å². The Morgan fingerprint density at radius 3 is 2.53 bits per heavy atom. The molecule has 0 aliphatic heterocycles. The van der Waals surface area contributed by atoms with Gasteiger partial charge in [0.1, 0.15) is 0 Å². The van der Waals surface area contributed by atoms with Crippen LogP contribution in [0.4, 0.5) is 0 Å². The van der Waals surface area contributed by atoms with Crippen LogP contribution in [0.1, 0.15) is 45.6 Å². The summed E-state index contributed by atoms with van der Waals surface area (Å²) >= 11 is 12.1. The van der Waals surface area contributed by atoms with Crippen molar-refractivity contribution >= 4 is 23.2 Å². The second-order valence-electron chi connectivity index (χ2n) is 5.43. The Kier molecular flexibility index (Phi) is 7.82. The Balaban J connectivity index is 2.42. The van der Waals surface area contributed by atoms with Gasteiger partial charge in [0.2, 0.25) is 0 Å². The van der Waals surface area contributed by atoms with Crippen LogP contribution in [0.2, 0.25) is 10.0 Å². The highest BCUT2D eigenvalue weighted by molar-refractivity contribution is 6.35. The molecule has 1 N–H and O–H groups in total. The number of hydrogen-bond acceptors (Lipinski definition) is 1. The summed E-state index contributed by atoms with van der Waals surface area (Å²) in [5.74, 6) is 0.673. The zero-order chi connectivity index (χ0) is 14.3. The molecule has 0 amide bonds. The minimum absolute atomic E-state index is 0.603. The maximum Gasteiger partial charge on any atom is 0.0452 e. The molecule has 1 unspecified atom stereocenters. The maximum absolute atomic E-state index is 6.19. The number of aryl methyl sites for hydroxylation is 1. The van der Waals surface area contributed by atoms with Gasteiger partial charge in [-0.05, 0) is 55.8 Å². The topological polar surface area (TPSA) is 12.0 Å². The lowest BCUT2D eigenvalue weighted by molar-refractivity contribution is 0.370. The minimum Gasteiger partial charge on any atom is -0.314 e. The van der Waals surface area contributed by atoms with Crippen LogP contribution < -0.4 is 5.32 Å². The van der Waals surface area contributed by atoms with Crippen molar-refractivity contribution in [1.82, 2.24) is 5.32 Å². The lowest BCUT2D eigenvalue weighted by atomic mass is 9.96. The Hall–Kier alpha value is -0.240. The Morgan fingerprint density at radius 1 is 1.21 bits per heavy atom. The van der Waals surface area contributed by atoms with Crippen molar-refractivity contribution in [1.29, 1.82) is 0 Å². The number of benzene rings is 1. The predicted octanol–water partition coefficient (Wildman–Crippen LogP) is 5.34. The largest absolute Gasteiger partial charge is 0.314 e. The summed E-state index contributed by atoms with van der Waals surface area (Å²) in [7, 11) is 0. The van der Waals surface area contributed by atoms with E-state index in [-0.39, 0.29) is 0 Å². The smallest absolute Gasteiger partial charge is 0.0452 e.